The highest BCUT2D eigenvalue weighted by Gasteiger charge is 2.49. The van der Waals surface area contributed by atoms with Gasteiger partial charge in [0, 0.05) is 10.0 Å². The topological polar surface area (TPSA) is 78.5 Å². The van der Waals surface area contributed by atoms with Gasteiger partial charge < -0.3 is 10.6 Å². The highest BCUT2D eigenvalue weighted by atomic mass is 35.5. The molecule has 2 N–H and O–H groups in total. The molecule has 0 bridgehead atoms. The second-order valence-corrected chi connectivity index (χ2v) is 8.81. The second kappa shape index (κ2) is 8.45. The van der Waals surface area contributed by atoms with Crippen LogP contribution < -0.4 is 10.6 Å². The van der Waals surface area contributed by atoms with Crippen LogP contribution in [0.5, 0.6) is 0 Å². The number of hydrogen-bond donors (Lipinski definition) is 2. The minimum absolute atomic E-state index is 0.399. The average Bonchev–Trinajstić information content (AvgIpc) is 2.97. The van der Waals surface area contributed by atoms with Crippen molar-refractivity contribution in [3.05, 3.63) is 81.8 Å². The molecule has 1 fully saturated rings. The highest BCUT2D eigenvalue weighted by Crippen LogP contribution is 2.31. The molecule has 1 heterocycles. The van der Waals surface area contributed by atoms with Gasteiger partial charge in [0.05, 0.1) is 6.04 Å². The zero-order chi connectivity index (χ0) is 23.0. The van der Waals surface area contributed by atoms with Crippen LogP contribution in [0.1, 0.15) is 31.0 Å². The third kappa shape index (κ3) is 4.04. The van der Waals surface area contributed by atoms with Crippen molar-refractivity contribution >= 4 is 51.8 Å². The summed E-state index contributed by atoms with van der Waals surface area (Å²) in [7, 11) is 0. The molecule has 2 unspecified atom stereocenters. The molecule has 0 radical (unpaired) electrons. The van der Waals surface area contributed by atoms with Gasteiger partial charge in [-0.15, -0.1) is 0 Å². The number of halogens is 2. The normalized spacial score (nSPS) is 19.2. The molecular formula is C24H21Cl2N3O3. The molecule has 164 valence electrons. The summed E-state index contributed by atoms with van der Waals surface area (Å²) in [6.07, 6.45) is 0. The lowest BCUT2D eigenvalue weighted by Crippen LogP contribution is -2.43. The van der Waals surface area contributed by atoms with Gasteiger partial charge in [-0.2, -0.15) is 0 Å². The molecule has 1 aliphatic heterocycles. The number of amides is 4. The summed E-state index contributed by atoms with van der Waals surface area (Å²) in [5.41, 5.74) is 0.0772. The molecule has 8 heteroatoms. The number of rotatable bonds is 5. The monoisotopic (exact) mass is 469 g/mol. The summed E-state index contributed by atoms with van der Waals surface area (Å²) in [6, 6.07) is 17.3. The maximum Gasteiger partial charge on any atom is 0.325 e. The molecule has 0 aliphatic carbocycles. The largest absolute Gasteiger partial charge is 0.348 e. The molecule has 3 aromatic rings. The summed E-state index contributed by atoms with van der Waals surface area (Å²) < 4.78 is 0. The van der Waals surface area contributed by atoms with Crippen LogP contribution in [0.3, 0.4) is 0 Å². The molecular weight excluding hydrogens is 449 g/mol. The maximum atomic E-state index is 13.2. The zero-order valence-corrected chi connectivity index (χ0v) is 19.0. The molecule has 1 saturated heterocycles. The van der Waals surface area contributed by atoms with Gasteiger partial charge in [0.25, 0.3) is 5.91 Å². The van der Waals surface area contributed by atoms with Crippen molar-refractivity contribution in [2.75, 3.05) is 6.54 Å². The Morgan fingerprint density at radius 3 is 2.50 bits per heavy atom. The van der Waals surface area contributed by atoms with Crippen LogP contribution in [-0.2, 0) is 15.1 Å². The van der Waals surface area contributed by atoms with Gasteiger partial charge >= 0.3 is 6.03 Å². The Hall–Kier alpha value is -3.09. The van der Waals surface area contributed by atoms with E-state index in [1.165, 1.54) is 0 Å². The molecule has 0 spiro atoms. The van der Waals surface area contributed by atoms with Crippen molar-refractivity contribution in [3.8, 4) is 0 Å². The van der Waals surface area contributed by atoms with E-state index in [2.05, 4.69) is 10.6 Å². The maximum absolute atomic E-state index is 13.2. The van der Waals surface area contributed by atoms with Crippen molar-refractivity contribution in [2.45, 2.75) is 25.4 Å². The zero-order valence-electron chi connectivity index (χ0n) is 17.5. The molecule has 32 heavy (non-hydrogen) atoms. The molecule has 4 rings (SSSR count). The van der Waals surface area contributed by atoms with Gasteiger partial charge in [-0.3, -0.25) is 14.5 Å². The molecule has 1 aliphatic rings. The Labute approximate surface area is 195 Å². The van der Waals surface area contributed by atoms with E-state index in [1.807, 2.05) is 42.5 Å². The van der Waals surface area contributed by atoms with E-state index in [0.717, 1.165) is 15.7 Å². The fraction of sp³-hybridized carbons (Fsp3) is 0.208. The quantitative estimate of drug-likeness (QED) is 0.527. The van der Waals surface area contributed by atoms with Crippen LogP contribution in [0.25, 0.3) is 10.8 Å². The summed E-state index contributed by atoms with van der Waals surface area (Å²) in [5, 5.41) is 8.41. The lowest BCUT2D eigenvalue weighted by Gasteiger charge is -2.23. The number of carbonyl (C=O) groups excluding carboxylic acids is 3. The standard InChI is InChI=1S/C24H21Cl2N3O3/c1-14(19-10-9-18(25)12-20(19)26)27-21(30)13-29-22(31)24(2,28-23(29)32)17-8-7-15-5-3-4-6-16(15)11-17/h3-12,14H,13H2,1-2H3,(H,27,30)(H,28,32). The minimum Gasteiger partial charge on any atom is -0.348 e. The Balaban J connectivity index is 1.50. The number of hydrogen-bond acceptors (Lipinski definition) is 3. The van der Waals surface area contributed by atoms with Gasteiger partial charge in [-0.05, 0) is 53.9 Å². The molecule has 4 amide bonds. The number of urea groups is 1. The fourth-order valence-corrected chi connectivity index (χ4v) is 4.47. The van der Waals surface area contributed by atoms with Crippen LogP contribution in [0.2, 0.25) is 10.0 Å². The number of carbonyl (C=O) groups is 3. The number of fused-ring (bicyclic) bond motifs is 1. The van der Waals surface area contributed by atoms with E-state index >= 15 is 0 Å². The third-order valence-corrected chi connectivity index (χ3v) is 6.27. The summed E-state index contributed by atoms with van der Waals surface area (Å²) >= 11 is 12.1. The van der Waals surface area contributed by atoms with Crippen molar-refractivity contribution in [1.82, 2.24) is 15.5 Å². The third-order valence-electron chi connectivity index (χ3n) is 5.71. The Morgan fingerprint density at radius 1 is 1.06 bits per heavy atom. The SMILES string of the molecule is CC(NC(=O)CN1C(=O)NC(C)(c2ccc3ccccc3c2)C1=O)c1ccc(Cl)cc1Cl. The van der Waals surface area contributed by atoms with Crippen LogP contribution in [0.4, 0.5) is 4.79 Å². The van der Waals surface area contributed by atoms with E-state index < -0.39 is 36.0 Å². The predicted molar refractivity (Wildman–Crippen MR) is 125 cm³/mol. The second-order valence-electron chi connectivity index (χ2n) is 7.96. The Bertz CT molecular complexity index is 1250. The Kier molecular flexibility index (Phi) is 5.84. The van der Waals surface area contributed by atoms with E-state index in [0.29, 0.717) is 21.2 Å². The summed E-state index contributed by atoms with van der Waals surface area (Å²) in [6.45, 7) is 3.01. The fourth-order valence-electron chi connectivity index (χ4n) is 3.90. The van der Waals surface area contributed by atoms with E-state index in [1.54, 1.807) is 32.0 Å². The first-order valence-corrected chi connectivity index (χ1v) is 10.8. The lowest BCUT2D eigenvalue weighted by molar-refractivity contribution is -0.135. The van der Waals surface area contributed by atoms with Crippen molar-refractivity contribution < 1.29 is 14.4 Å². The van der Waals surface area contributed by atoms with Crippen molar-refractivity contribution in [2.24, 2.45) is 0 Å². The van der Waals surface area contributed by atoms with E-state index in [4.69, 9.17) is 23.2 Å². The molecule has 2 atom stereocenters. The van der Waals surface area contributed by atoms with Crippen LogP contribution in [-0.4, -0.2) is 29.3 Å². The number of nitrogens with one attached hydrogen (secondary N) is 2. The average molecular weight is 470 g/mol. The molecule has 0 saturated carbocycles. The van der Waals surface area contributed by atoms with Crippen LogP contribution in [0, 0.1) is 0 Å². The lowest BCUT2D eigenvalue weighted by atomic mass is 9.90. The summed E-state index contributed by atoms with van der Waals surface area (Å²) in [5.74, 6) is -0.958. The Morgan fingerprint density at radius 2 is 1.78 bits per heavy atom. The molecule has 0 aromatic heterocycles. The first-order chi connectivity index (χ1) is 15.2. The smallest absolute Gasteiger partial charge is 0.325 e. The van der Waals surface area contributed by atoms with E-state index in [-0.39, 0.29) is 0 Å². The van der Waals surface area contributed by atoms with Crippen molar-refractivity contribution in [3.63, 3.8) is 0 Å². The van der Waals surface area contributed by atoms with Crippen LogP contribution in [0.15, 0.2) is 60.7 Å². The van der Waals surface area contributed by atoms with Gasteiger partial charge in [-0.1, -0.05) is 65.7 Å². The highest BCUT2D eigenvalue weighted by molar-refractivity contribution is 6.35. The van der Waals surface area contributed by atoms with Gasteiger partial charge in [0.1, 0.15) is 12.1 Å². The first-order valence-electron chi connectivity index (χ1n) is 10.1. The molecule has 6 nitrogen and oxygen atoms in total. The number of benzene rings is 3. The van der Waals surface area contributed by atoms with Crippen molar-refractivity contribution in [1.29, 1.82) is 0 Å². The number of imide groups is 1. The van der Waals surface area contributed by atoms with Gasteiger partial charge in [-0.25, -0.2) is 4.79 Å². The van der Waals surface area contributed by atoms with Gasteiger partial charge in [0.2, 0.25) is 5.91 Å². The molecule has 3 aromatic carbocycles. The summed E-state index contributed by atoms with van der Waals surface area (Å²) in [4.78, 5) is 39.3. The van der Waals surface area contributed by atoms with Crippen LogP contribution >= 0.6 is 23.2 Å². The number of nitrogens with zero attached hydrogens (tertiary/aromatic N) is 1. The first kappa shape index (κ1) is 22.1. The predicted octanol–water partition coefficient (Wildman–Crippen LogP) is 4.79. The minimum atomic E-state index is -1.26. The van der Waals surface area contributed by atoms with E-state index in [9.17, 15) is 14.4 Å². The van der Waals surface area contributed by atoms with Gasteiger partial charge in [0.15, 0.2) is 0 Å².